The van der Waals surface area contributed by atoms with Crippen LogP contribution in [-0.2, 0) is 28.7 Å². The van der Waals surface area contributed by atoms with Gasteiger partial charge in [-0.25, -0.2) is 0 Å². The number of fused-ring (bicyclic) bond motifs is 1. The first-order valence-corrected chi connectivity index (χ1v) is 4.55. The molecule has 3 rings (SSSR count). The molecule has 78 valence electrons. The number of esters is 4. The molecule has 1 atom stereocenters. The lowest BCUT2D eigenvalue weighted by Gasteiger charge is -2.54. The van der Waals surface area contributed by atoms with Crippen LogP contribution in [0.3, 0.4) is 0 Å². The number of rotatable bonds is 0. The molecule has 6 heteroatoms. The van der Waals surface area contributed by atoms with E-state index in [0.717, 1.165) is 0 Å². The van der Waals surface area contributed by atoms with E-state index in [9.17, 15) is 19.2 Å². The van der Waals surface area contributed by atoms with Crippen molar-refractivity contribution in [3.8, 4) is 0 Å². The summed E-state index contributed by atoms with van der Waals surface area (Å²) in [6.45, 7) is 0. The maximum atomic E-state index is 11.5. The van der Waals surface area contributed by atoms with Gasteiger partial charge in [-0.1, -0.05) is 0 Å². The van der Waals surface area contributed by atoms with Crippen LogP contribution in [0.25, 0.3) is 0 Å². The molecule has 2 aliphatic heterocycles. The number of hydrogen-bond acceptors (Lipinski definition) is 6. The van der Waals surface area contributed by atoms with Crippen molar-refractivity contribution in [2.24, 2.45) is 10.8 Å². The predicted molar refractivity (Wildman–Crippen MR) is 40.9 cm³/mol. The van der Waals surface area contributed by atoms with Gasteiger partial charge in [-0.05, 0) is 12.8 Å². The van der Waals surface area contributed by atoms with Crippen LogP contribution in [0.1, 0.15) is 19.3 Å². The van der Waals surface area contributed by atoms with Gasteiger partial charge >= 0.3 is 23.9 Å². The molecule has 0 aromatic rings. The van der Waals surface area contributed by atoms with Crippen LogP contribution < -0.4 is 0 Å². The molecule has 15 heavy (non-hydrogen) atoms. The van der Waals surface area contributed by atoms with Gasteiger partial charge in [-0.15, -0.1) is 0 Å². The molecule has 0 aromatic heterocycles. The van der Waals surface area contributed by atoms with E-state index in [2.05, 4.69) is 9.47 Å². The van der Waals surface area contributed by atoms with E-state index in [-0.39, 0.29) is 12.8 Å². The summed E-state index contributed by atoms with van der Waals surface area (Å²) in [6, 6.07) is 0. The Morgan fingerprint density at radius 1 is 0.867 bits per heavy atom. The zero-order chi connectivity index (χ0) is 10.8. The lowest BCUT2D eigenvalue weighted by Crippen LogP contribution is -2.70. The van der Waals surface area contributed by atoms with Gasteiger partial charge < -0.3 is 9.47 Å². The molecule has 0 N–H and O–H groups in total. The molecule has 3 fully saturated rings. The van der Waals surface area contributed by atoms with Gasteiger partial charge in [0.1, 0.15) is 5.41 Å². The third-order valence-corrected chi connectivity index (χ3v) is 3.67. The highest BCUT2D eigenvalue weighted by molar-refractivity contribution is 6.20. The molecule has 3 aliphatic rings. The Morgan fingerprint density at radius 3 is 1.87 bits per heavy atom. The first kappa shape index (κ1) is 8.58. The van der Waals surface area contributed by atoms with E-state index < -0.39 is 34.7 Å². The lowest BCUT2D eigenvalue weighted by molar-refractivity contribution is -0.228. The molecule has 2 saturated heterocycles. The van der Waals surface area contributed by atoms with Crippen LogP contribution in [0.15, 0.2) is 0 Å². The Bertz CT molecular complexity index is 422. The Kier molecular flexibility index (Phi) is 1.20. The fraction of sp³-hybridized carbons (Fsp3) is 0.556. The summed E-state index contributed by atoms with van der Waals surface area (Å²) in [5.41, 5.74) is -2.66. The van der Waals surface area contributed by atoms with Gasteiger partial charge in [0.25, 0.3) is 0 Å². The van der Waals surface area contributed by atoms with E-state index in [0.29, 0.717) is 6.42 Å². The van der Waals surface area contributed by atoms with Crippen molar-refractivity contribution in [2.75, 3.05) is 0 Å². The second kappa shape index (κ2) is 2.10. The zero-order valence-corrected chi connectivity index (χ0v) is 7.57. The van der Waals surface area contributed by atoms with E-state index in [1.54, 1.807) is 0 Å². The summed E-state index contributed by atoms with van der Waals surface area (Å²) >= 11 is 0. The van der Waals surface area contributed by atoms with Crippen molar-refractivity contribution in [3.05, 3.63) is 0 Å². The van der Waals surface area contributed by atoms with Crippen LogP contribution in [0.5, 0.6) is 0 Å². The van der Waals surface area contributed by atoms with Crippen molar-refractivity contribution in [1.82, 2.24) is 0 Å². The van der Waals surface area contributed by atoms with Crippen LogP contribution in [-0.4, -0.2) is 23.9 Å². The number of hydrogen-bond donors (Lipinski definition) is 0. The molecule has 1 saturated carbocycles. The van der Waals surface area contributed by atoms with Crippen molar-refractivity contribution in [2.45, 2.75) is 19.3 Å². The minimum Gasteiger partial charge on any atom is -0.393 e. The Labute approximate surface area is 83.5 Å². The quantitative estimate of drug-likeness (QED) is 0.388. The van der Waals surface area contributed by atoms with Crippen molar-refractivity contribution in [1.29, 1.82) is 0 Å². The molecule has 0 aromatic carbocycles. The third kappa shape index (κ3) is 0.633. The Balaban J connectivity index is 2.08. The average molecular weight is 210 g/mol. The summed E-state index contributed by atoms with van der Waals surface area (Å²) < 4.78 is 8.68. The van der Waals surface area contributed by atoms with E-state index in [4.69, 9.17) is 0 Å². The van der Waals surface area contributed by atoms with Gasteiger partial charge in [0.2, 0.25) is 0 Å². The molecule has 0 radical (unpaired) electrons. The maximum absolute atomic E-state index is 11.5. The summed E-state index contributed by atoms with van der Waals surface area (Å²) in [7, 11) is 0. The van der Waals surface area contributed by atoms with Crippen LogP contribution in [0, 0.1) is 10.8 Å². The molecule has 1 aliphatic carbocycles. The monoisotopic (exact) mass is 210 g/mol. The Hall–Kier alpha value is -1.72. The molecular formula is C9H6O6. The lowest BCUT2D eigenvalue weighted by atomic mass is 9.46. The predicted octanol–water partition coefficient (Wildman–Crippen LogP) is -0.690. The highest BCUT2D eigenvalue weighted by Gasteiger charge is 2.81. The number of carbonyl (C=O) groups is 4. The topological polar surface area (TPSA) is 86.7 Å². The summed E-state index contributed by atoms with van der Waals surface area (Å²) in [6.07, 6.45) is 0.415. The molecule has 0 bridgehead atoms. The molecule has 1 unspecified atom stereocenters. The summed E-state index contributed by atoms with van der Waals surface area (Å²) in [5.74, 6) is -2.84. The van der Waals surface area contributed by atoms with Gasteiger partial charge in [-0.3, -0.25) is 19.2 Å². The van der Waals surface area contributed by atoms with E-state index in [1.807, 2.05) is 0 Å². The van der Waals surface area contributed by atoms with Crippen LogP contribution in [0.4, 0.5) is 0 Å². The summed E-state index contributed by atoms with van der Waals surface area (Å²) in [4.78, 5) is 45.1. The number of cyclic esters (lactones) is 4. The van der Waals surface area contributed by atoms with E-state index in [1.165, 1.54) is 0 Å². The molecular weight excluding hydrogens is 204 g/mol. The van der Waals surface area contributed by atoms with Crippen molar-refractivity contribution in [3.63, 3.8) is 0 Å². The van der Waals surface area contributed by atoms with Crippen LogP contribution >= 0.6 is 0 Å². The standard InChI is InChI=1S/C9H6O6/c10-4-3-8(5(11)14-4)1-2-9(8)6(12)15-7(9)13/h1-3H2. The second-order valence-corrected chi connectivity index (χ2v) is 4.10. The van der Waals surface area contributed by atoms with Gasteiger partial charge in [0.15, 0.2) is 5.41 Å². The first-order valence-electron chi connectivity index (χ1n) is 4.55. The number of carbonyl (C=O) groups excluding carboxylic acids is 4. The highest BCUT2D eigenvalue weighted by Crippen LogP contribution is 2.66. The minimum absolute atomic E-state index is 0.188. The van der Waals surface area contributed by atoms with Gasteiger partial charge in [-0.2, -0.15) is 0 Å². The maximum Gasteiger partial charge on any atom is 0.332 e. The largest absolute Gasteiger partial charge is 0.393 e. The van der Waals surface area contributed by atoms with Gasteiger partial charge in [0.05, 0.1) is 6.42 Å². The van der Waals surface area contributed by atoms with E-state index >= 15 is 0 Å². The fourth-order valence-electron chi connectivity index (χ4n) is 2.64. The summed E-state index contributed by atoms with van der Waals surface area (Å²) in [5, 5.41) is 0. The third-order valence-electron chi connectivity index (χ3n) is 3.67. The first-order chi connectivity index (χ1) is 7.03. The highest BCUT2D eigenvalue weighted by atomic mass is 16.6. The van der Waals surface area contributed by atoms with Gasteiger partial charge in [0, 0.05) is 0 Å². The minimum atomic E-state index is -1.41. The fourth-order valence-corrected chi connectivity index (χ4v) is 2.64. The zero-order valence-electron chi connectivity index (χ0n) is 7.57. The molecule has 0 amide bonds. The smallest absolute Gasteiger partial charge is 0.332 e. The normalized spacial score (nSPS) is 36.3. The second-order valence-electron chi connectivity index (χ2n) is 4.10. The SMILES string of the molecule is O=C1CC2(CCC23C(=O)OC3=O)C(=O)O1. The Morgan fingerprint density at radius 2 is 1.53 bits per heavy atom. The van der Waals surface area contributed by atoms with Crippen LogP contribution in [0.2, 0.25) is 0 Å². The number of ether oxygens (including phenoxy) is 2. The molecule has 2 heterocycles. The van der Waals surface area contributed by atoms with Crippen molar-refractivity contribution < 1.29 is 28.7 Å². The molecule has 2 spiro atoms. The average Bonchev–Trinajstić information content (AvgIpc) is 2.41. The molecule has 6 nitrogen and oxygen atoms in total. The van der Waals surface area contributed by atoms with Crippen molar-refractivity contribution >= 4 is 23.9 Å².